The first-order valence-electron chi connectivity index (χ1n) is 14.3. The fourth-order valence-electron chi connectivity index (χ4n) is 6.09. The Kier molecular flexibility index (Phi) is 8.39. The van der Waals surface area contributed by atoms with E-state index in [-0.39, 0.29) is 5.91 Å². The van der Waals surface area contributed by atoms with Crippen LogP contribution in [0.1, 0.15) is 74.7 Å². The number of nitrogens with zero attached hydrogens (tertiary/aromatic N) is 4. The van der Waals surface area contributed by atoms with Gasteiger partial charge in [0.2, 0.25) is 0 Å². The molecule has 1 atom stereocenters. The van der Waals surface area contributed by atoms with Crippen molar-refractivity contribution in [3.05, 3.63) is 53.9 Å². The average molecular weight is 503 g/mol. The first kappa shape index (κ1) is 25.7. The van der Waals surface area contributed by atoms with E-state index in [0.717, 1.165) is 55.7 Å². The van der Waals surface area contributed by atoms with Crippen LogP contribution in [0, 0.1) is 11.8 Å². The van der Waals surface area contributed by atoms with Gasteiger partial charge in [-0.05, 0) is 70.0 Å². The zero-order chi connectivity index (χ0) is 25.6. The second kappa shape index (κ2) is 12.1. The van der Waals surface area contributed by atoms with Crippen molar-refractivity contribution < 1.29 is 4.79 Å². The van der Waals surface area contributed by atoms with Crippen LogP contribution in [0.25, 0.3) is 11.0 Å². The molecule has 7 nitrogen and oxygen atoms in total. The number of aromatic nitrogens is 3. The summed E-state index contributed by atoms with van der Waals surface area (Å²) in [6, 6.07) is 11.0. The predicted octanol–water partition coefficient (Wildman–Crippen LogP) is 5.47. The maximum atomic E-state index is 13.5. The summed E-state index contributed by atoms with van der Waals surface area (Å²) in [4.78, 5) is 20.6. The van der Waals surface area contributed by atoms with Gasteiger partial charge in [0.15, 0.2) is 5.65 Å². The van der Waals surface area contributed by atoms with E-state index < -0.39 is 0 Å². The van der Waals surface area contributed by atoms with Gasteiger partial charge < -0.3 is 10.6 Å². The smallest absolute Gasteiger partial charge is 0.254 e. The molecule has 1 saturated carbocycles. The molecule has 2 aliphatic rings. The number of hydrogen-bond acceptors (Lipinski definition) is 5. The van der Waals surface area contributed by atoms with Gasteiger partial charge in [-0.2, -0.15) is 5.10 Å². The number of nitrogens with one attached hydrogen (secondary N) is 2. The largest absolute Gasteiger partial charge is 0.381 e. The normalized spacial score (nSPS) is 18.6. The quantitative estimate of drug-likeness (QED) is 0.406. The molecule has 1 saturated heterocycles. The van der Waals surface area contributed by atoms with Crippen LogP contribution < -0.4 is 10.6 Å². The molecule has 1 aliphatic heterocycles. The van der Waals surface area contributed by atoms with Crippen LogP contribution in [-0.4, -0.2) is 51.2 Å². The molecule has 1 amide bonds. The van der Waals surface area contributed by atoms with E-state index in [9.17, 15) is 4.79 Å². The zero-order valence-corrected chi connectivity index (χ0v) is 22.5. The lowest BCUT2D eigenvalue weighted by Crippen LogP contribution is -2.38. The van der Waals surface area contributed by atoms with Crippen molar-refractivity contribution in [2.75, 3.05) is 25.0 Å². The van der Waals surface area contributed by atoms with Crippen molar-refractivity contribution in [2.45, 2.75) is 77.9 Å². The van der Waals surface area contributed by atoms with Gasteiger partial charge in [0.1, 0.15) is 0 Å². The van der Waals surface area contributed by atoms with Crippen LogP contribution >= 0.6 is 0 Å². The molecule has 0 spiro atoms. The van der Waals surface area contributed by atoms with Gasteiger partial charge in [-0.3, -0.25) is 9.69 Å². The van der Waals surface area contributed by atoms with Crippen molar-refractivity contribution >= 4 is 22.6 Å². The molecule has 3 heterocycles. The summed E-state index contributed by atoms with van der Waals surface area (Å²) in [5, 5.41) is 12.5. The highest BCUT2D eigenvalue weighted by Gasteiger charge is 2.25. The summed E-state index contributed by atoms with van der Waals surface area (Å²) in [5.74, 6) is 1.10. The highest BCUT2D eigenvalue weighted by Crippen LogP contribution is 2.32. The molecular formula is C30H42N6O. The summed E-state index contributed by atoms with van der Waals surface area (Å²) in [5.41, 5.74) is 3.72. The molecule has 198 valence electrons. The lowest BCUT2D eigenvalue weighted by molar-refractivity contribution is 0.0935. The second-order valence-corrected chi connectivity index (χ2v) is 11.0. The maximum absolute atomic E-state index is 13.5. The number of likely N-dealkylation sites (tertiary alicyclic amines) is 1. The topological polar surface area (TPSA) is 75.1 Å². The number of rotatable bonds is 9. The van der Waals surface area contributed by atoms with E-state index in [1.165, 1.54) is 37.7 Å². The predicted molar refractivity (Wildman–Crippen MR) is 150 cm³/mol. The Labute approximate surface area is 221 Å². The number of aryl methyl sites for hydroxylation is 1. The van der Waals surface area contributed by atoms with Crippen molar-refractivity contribution in [1.82, 2.24) is 25.0 Å². The third-order valence-corrected chi connectivity index (χ3v) is 8.45. The first-order chi connectivity index (χ1) is 18.1. The monoisotopic (exact) mass is 502 g/mol. The number of piperidine rings is 1. The van der Waals surface area contributed by atoms with Crippen molar-refractivity contribution in [1.29, 1.82) is 0 Å². The van der Waals surface area contributed by atoms with Crippen molar-refractivity contribution in [3.8, 4) is 0 Å². The van der Waals surface area contributed by atoms with E-state index in [0.29, 0.717) is 30.0 Å². The molecule has 7 heteroatoms. The highest BCUT2D eigenvalue weighted by molar-refractivity contribution is 6.06. The summed E-state index contributed by atoms with van der Waals surface area (Å²) >= 11 is 0. The minimum atomic E-state index is -0.0382. The third-order valence-electron chi connectivity index (χ3n) is 8.45. The molecule has 5 rings (SSSR count). The Balaban J connectivity index is 1.23. The zero-order valence-electron chi connectivity index (χ0n) is 22.5. The number of benzene rings is 1. The molecule has 0 bridgehead atoms. The number of fused-ring (bicyclic) bond motifs is 1. The molecule has 1 aliphatic carbocycles. The molecule has 37 heavy (non-hydrogen) atoms. The van der Waals surface area contributed by atoms with Crippen LogP contribution in [0.2, 0.25) is 0 Å². The van der Waals surface area contributed by atoms with Gasteiger partial charge >= 0.3 is 0 Å². The Bertz CT molecular complexity index is 1160. The number of carbonyl (C=O) groups is 1. The van der Waals surface area contributed by atoms with Crippen LogP contribution in [-0.2, 0) is 13.1 Å². The van der Waals surface area contributed by atoms with E-state index >= 15 is 0 Å². The van der Waals surface area contributed by atoms with Gasteiger partial charge in [-0.25, -0.2) is 9.67 Å². The van der Waals surface area contributed by atoms with Gasteiger partial charge in [-0.1, -0.05) is 49.6 Å². The standard InChI is InChI=1S/C30H42N6O/c1-3-36-29-26(20-33-36)28(34-22(2)25-12-8-5-9-13-25)27(19-31-29)30(37)32-18-23-14-16-35(17-15-23)21-24-10-6-4-7-11-24/h4,6-7,10-11,19-20,22-23,25H,3,5,8-9,12-18,21H2,1-2H3,(H,31,34)(H,32,37). The minimum Gasteiger partial charge on any atom is -0.381 e. The van der Waals surface area contributed by atoms with E-state index in [4.69, 9.17) is 0 Å². The molecule has 2 N–H and O–H groups in total. The number of amides is 1. The summed E-state index contributed by atoms with van der Waals surface area (Å²) in [6.45, 7) is 8.94. The van der Waals surface area contributed by atoms with Crippen molar-refractivity contribution in [2.24, 2.45) is 11.8 Å². The van der Waals surface area contributed by atoms with Gasteiger partial charge in [0, 0.05) is 31.9 Å². The number of carbonyl (C=O) groups excluding carboxylic acids is 1. The van der Waals surface area contributed by atoms with E-state index in [1.54, 1.807) is 6.20 Å². The van der Waals surface area contributed by atoms with E-state index in [1.807, 2.05) is 10.9 Å². The van der Waals surface area contributed by atoms with Crippen LogP contribution in [0.4, 0.5) is 5.69 Å². The van der Waals surface area contributed by atoms with Gasteiger partial charge in [0.05, 0.1) is 22.8 Å². The third kappa shape index (κ3) is 6.15. The molecule has 0 radical (unpaired) electrons. The Morgan fingerprint density at radius 2 is 1.81 bits per heavy atom. The molecule has 1 unspecified atom stereocenters. The first-order valence-corrected chi connectivity index (χ1v) is 14.3. The molecule has 2 fully saturated rings. The molecule has 3 aromatic rings. The fraction of sp³-hybridized carbons (Fsp3) is 0.567. The van der Waals surface area contributed by atoms with Crippen LogP contribution in [0.3, 0.4) is 0 Å². The lowest BCUT2D eigenvalue weighted by Gasteiger charge is -2.32. The minimum absolute atomic E-state index is 0.0382. The van der Waals surface area contributed by atoms with Crippen molar-refractivity contribution in [3.63, 3.8) is 0 Å². The average Bonchev–Trinajstić information content (AvgIpc) is 3.37. The number of hydrogen-bond donors (Lipinski definition) is 2. The molecule has 2 aromatic heterocycles. The van der Waals surface area contributed by atoms with Crippen LogP contribution in [0.5, 0.6) is 0 Å². The van der Waals surface area contributed by atoms with Gasteiger partial charge in [0.25, 0.3) is 5.91 Å². The fourth-order valence-corrected chi connectivity index (χ4v) is 6.09. The molecular weight excluding hydrogens is 460 g/mol. The molecule has 1 aromatic carbocycles. The SMILES string of the molecule is CCn1ncc2c(NC(C)C3CCCCC3)c(C(=O)NCC3CCN(Cc4ccccc4)CC3)cnc21. The van der Waals surface area contributed by atoms with Crippen LogP contribution in [0.15, 0.2) is 42.7 Å². The highest BCUT2D eigenvalue weighted by atomic mass is 16.1. The summed E-state index contributed by atoms with van der Waals surface area (Å²) < 4.78 is 1.90. The lowest BCUT2D eigenvalue weighted by atomic mass is 9.84. The van der Waals surface area contributed by atoms with Gasteiger partial charge in [-0.15, -0.1) is 0 Å². The number of pyridine rings is 1. The second-order valence-electron chi connectivity index (χ2n) is 11.0. The Morgan fingerprint density at radius 3 is 2.54 bits per heavy atom. The summed E-state index contributed by atoms with van der Waals surface area (Å²) in [6.07, 6.45) is 12.3. The number of anilines is 1. The Morgan fingerprint density at radius 1 is 1.05 bits per heavy atom. The Hall–Kier alpha value is -2.93. The summed E-state index contributed by atoms with van der Waals surface area (Å²) in [7, 11) is 0. The maximum Gasteiger partial charge on any atom is 0.254 e. The van der Waals surface area contributed by atoms with E-state index in [2.05, 4.69) is 69.8 Å².